The Hall–Kier alpha value is -3.19. The van der Waals surface area contributed by atoms with E-state index < -0.39 is 11.9 Å². The van der Waals surface area contributed by atoms with Crippen LogP contribution in [0.1, 0.15) is 37.7 Å². The molecule has 3 rings (SSSR count). The Bertz CT molecular complexity index is 1070. The summed E-state index contributed by atoms with van der Waals surface area (Å²) < 4.78 is 16.8. The van der Waals surface area contributed by atoms with Crippen LogP contribution in [0.5, 0.6) is 5.75 Å². The van der Waals surface area contributed by atoms with E-state index in [1.54, 1.807) is 38.1 Å². The Kier molecular flexibility index (Phi) is 7.07. The maximum Gasteiger partial charge on any atom is 0.340 e. The minimum absolute atomic E-state index is 0.233. The fourth-order valence-corrected chi connectivity index (χ4v) is 3.57. The molecule has 0 saturated carbocycles. The SMILES string of the molecule is COC(=O)c1c(C)nc(C)c(C(=O)OC)c1-c1ccc(OCc2ccc(Br)cc2)cc1. The lowest BCUT2D eigenvalue weighted by Crippen LogP contribution is -2.16. The molecule has 0 fully saturated rings. The molecule has 0 saturated heterocycles. The Labute approximate surface area is 189 Å². The smallest absolute Gasteiger partial charge is 0.340 e. The molecule has 1 aromatic heterocycles. The molecular formula is C24H22BrNO5. The summed E-state index contributed by atoms with van der Waals surface area (Å²) in [6, 6.07) is 15.0. The minimum atomic E-state index is -0.569. The Morgan fingerprint density at radius 1 is 0.839 bits per heavy atom. The van der Waals surface area contributed by atoms with Crippen LogP contribution in [0, 0.1) is 13.8 Å². The monoisotopic (exact) mass is 483 g/mol. The highest BCUT2D eigenvalue weighted by molar-refractivity contribution is 9.10. The van der Waals surface area contributed by atoms with Gasteiger partial charge < -0.3 is 14.2 Å². The lowest BCUT2D eigenvalue weighted by molar-refractivity contribution is 0.0599. The number of carbonyl (C=O) groups is 2. The highest BCUT2D eigenvalue weighted by atomic mass is 79.9. The normalized spacial score (nSPS) is 10.5. The third-order valence-electron chi connectivity index (χ3n) is 4.80. The van der Waals surface area contributed by atoms with Gasteiger partial charge >= 0.3 is 11.9 Å². The van der Waals surface area contributed by atoms with Crippen LogP contribution in [0.2, 0.25) is 0 Å². The van der Waals surface area contributed by atoms with Gasteiger partial charge in [0.2, 0.25) is 0 Å². The molecule has 0 bridgehead atoms. The summed E-state index contributed by atoms with van der Waals surface area (Å²) in [7, 11) is 2.59. The van der Waals surface area contributed by atoms with E-state index in [4.69, 9.17) is 14.2 Å². The molecule has 3 aromatic rings. The molecule has 0 unspecified atom stereocenters. The second-order valence-corrected chi connectivity index (χ2v) is 7.75. The van der Waals surface area contributed by atoms with Crippen molar-refractivity contribution in [3.05, 3.63) is 81.1 Å². The molecule has 2 aromatic carbocycles. The van der Waals surface area contributed by atoms with Crippen molar-refractivity contribution in [3.63, 3.8) is 0 Å². The van der Waals surface area contributed by atoms with Crippen LogP contribution in [0.4, 0.5) is 0 Å². The standard InChI is InChI=1S/C24H22BrNO5/c1-14-20(23(27)29-3)22(21(15(2)26-14)24(28)30-4)17-7-11-19(12-8-17)31-13-16-5-9-18(25)10-6-16/h5-12H,13H2,1-4H3. The zero-order valence-corrected chi connectivity index (χ0v) is 19.3. The number of benzene rings is 2. The number of esters is 2. The number of nitrogens with zero attached hydrogens (tertiary/aromatic N) is 1. The van der Waals surface area contributed by atoms with Crippen LogP contribution >= 0.6 is 15.9 Å². The van der Waals surface area contributed by atoms with E-state index in [0.29, 0.717) is 34.9 Å². The maximum atomic E-state index is 12.5. The Morgan fingerprint density at radius 2 is 1.35 bits per heavy atom. The number of hydrogen-bond donors (Lipinski definition) is 0. The summed E-state index contributed by atoms with van der Waals surface area (Å²) in [5, 5.41) is 0. The van der Waals surface area contributed by atoms with Crippen LogP contribution in [0.3, 0.4) is 0 Å². The molecule has 6 nitrogen and oxygen atoms in total. The second kappa shape index (κ2) is 9.75. The minimum Gasteiger partial charge on any atom is -0.489 e. The Morgan fingerprint density at radius 3 is 1.84 bits per heavy atom. The van der Waals surface area contributed by atoms with Gasteiger partial charge in [-0.1, -0.05) is 40.2 Å². The molecular weight excluding hydrogens is 462 g/mol. The molecule has 0 N–H and O–H groups in total. The van der Waals surface area contributed by atoms with Crippen molar-refractivity contribution in [2.24, 2.45) is 0 Å². The number of aromatic nitrogens is 1. The van der Waals surface area contributed by atoms with Crippen molar-refractivity contribution >= 4 is 27.9 Å². The Balaban J connectivity index is 2.00. The summed E-state index contributed by atoms with van der Waals surface area (Å²) in [5.41, 5.74) is 3.54. The van der Waals surface area contributed by atoms with Gasteiger partial charge in [0.05, 0.1) is 36.7 Å². The zero-order valence-electron chi connectivity index (χ0n) is 17.7. The van der Waals surface area contributed by atoms with Crippen molar-refractivity contribution < 1.29 is 23.8 Å². The van der Waals surface area contributed by atoms with Gasteiger partial charge in [-0.2, -0.15) is 0 Å². The van der Waals surface area contributed by atoms with Crippen molar-refractivity contribution in [1.82, 2.24) is 4.98 Å². The number of aryl methyl sites for hydroxylation is 2. The van der Waals surface area contributed by atoms with Crippen LogP contribution in [-0.4, -0.2) is 31.1 Å². The molecule has 0 spiro atoms. The van der Waals surface area contributed by atoms with Crippen molar-refractivity contribution in [2.75, 3.05) is 14.2 Å². The van der Waals surface area contributed by atoms with Gasteiger partial charge in [0.15, 0.2) is 0 Å². The van der Waals surface area contributed by atoms with E-state index in [1.165, 1.54) is 14.2 Å². The molecule has 0 atom stereocenters. The largest absolute Gasteiger partial charge is 0.489 e. The molecule has 0 amide bonds. The predicted molar refractivity (Wildman–Crippen MR) is 120 cm³/mol. The topological polar surface area (TPSA) is 74.7 Å². The van der Waals surface area contributed by atoms with Crippen LogP contribution < -0.4 is 4.74 Å². The first-order valence-corrected chi connectivity index (χ1v) is 10.3. The highest BCUT2D eigenvalue weighted by Crippen LogP contribution is 2.33. The van der Waals surface area contributed by atoms with Crippen molar-refractivity contribution in [2.45, 2.75) is 20.5 Å². The summed E-state index contributed by atoms with van der Waals surface area (Å²) in [6.45, 7) is 3.83. The first-order chi connectivity index (χ1) is 14.8. The number of rotatable bonds is 6. The van der Waals surface area contributed by atoms with Crippen molar-refractivity contribution in [3.8, 4) is 16.9 Å². The van der Waals surface area contributed by atoms with Gasteiger partial charge in [-0.25, -0.2) is 9.59 Å². The number of methoxy groups -OCH3 is 2. The number of pyridine rings is 1. The first-order valence-electron chi connectivity index (χ1n) is 9.51. The van der Waals surface area contributed by atoms with Gasteiger partial charge in [0.1, 0.15) is 12.4 Å². The number of hydrogen-bond acceptors (Lipinski definition) is 6. The fourth-order valence-electron chi connectivity index (χ4n) is 3.31. The van der Waals surface area contributed by atoms with Gasteiger partial charge in [-0.3, -0.25) is 4.98 Å². The van der Waals surface area contributed by atoms with Gasteiger partial charge in [0.25, 0.3) is 0 Å². The third-order valence-corrected chi connectivity index (χ3v) is 5.33. The van der Waals surface area contributed by atoms with Crippen LogP contribution in [0.15, 0.2) is 53.0 Å². The predicted octanol–water partition coefficient (Wildman–Crippen LogP) is 5.28. The number of ether oxygens (including phenoxy) is 3. The highest BCUT2D eigenvalue weighted by Gasteiger charge is 2.27. The quantitative estimate of drug-likeness (QED) is 0.444. The second-order valence-electron chi connectivity index (χ2n) is 6.83. The van der Waals surface area contributed by atoms with Crippen LogP contribution in [-0.2, 0) is 16.1 Å². The number of carbonyl (C=O) groups excluding carboxylic acids is 2. The lowest BCUT2D eigenvalue weighted by atomic mass is 9.92. The summed E-state index contributed by atoms with van der Waals surface area (Å²) in [4.78, 5) is 29.4. The molecule has 31 heavy (non-hydrogen) atoms. The van der Waals surface area contributed by atoms with Crippen molar-refractivity contribution in [1.29, 1.82) is 0 Å². The van der Waals surface area contributed by atoms with E-state index in [-0.39, 0.29) is 11.1 Å². The fraction of sp³-hybridized carbons (Fsp3) is 0.208. The molecule has 0 aliphatic carbocycles. The van der Waals surface area contributed by atoms with Gasteiger partial charge in [0, 0.05) is 10.0 Å². The molecule has 1 heterocycles. The molecule has 0 radical (unpaired) electrons. The van der Waals surface area contributed by atoms with Gasteiger partial charge in [-0.05, 0) is 49.2 Å². The lowest BCUT2D eigenvalue weighted by Gasteiger charge is -2.17. The molecule has 160 valence electrons. The molecule has 0 aliphatic rings. The van der Waals surface area contributed by atoms with E-state index in [2.05, 4.69) is 20.9 Å². The average Bonchev–Trinajstić information content (AvgIpc) is 2.77. The van der Waals surface area contributed by atoms with E-state index in [9.17, 15) is 9.59 Å². The van der Waals surface area contributed by atoms with E-state index in [0.717, 1.165) is 10.0 Å². The van der Waals surface area contributed by atoms with E-state index >= 15 is 0 Å². The first kappa shape index (κ1) is 22.5. The summed E-state index contributed by atoms with van der Waals surface area (Å²) in [5.74, 6) is -0.477. The average molecular weight is 484 g/mol. The molecule has 0 aliphatic heterocycles. The summed E-state index contributed by atoms with van der Waals surface area (Å²) >= 11 is 3.41. The van der Waals surface area contributed by atoms with E-state index in [1.807, 2.05) is 24.3 Å². The number of halogens is 1. The maximum absolute atomic E-state index is 12.5. The summed E-state index contributed by atoms with van der Waals surface area (Å²) in [6.07, 6.45) is 0. The zero-order chi connectivity index (χ0) is 22.5. The van der Waals surface area contributed by atoms with Gasteiger partial charge in [-0.15, -0.1) is 0 Å². The molecule has 7 heteroatoms. The third kappa shape index (κ3) is 4.94. The van der Waals surface area contributed by atoms with Crippen LogP contribution in [0.25, 0.3) is 11.1 Å².